The van der Waals surface area contributed by atoms with Crippen LogP contribution < -0.4 is 4.74 Å². The van der Waals surface area contributed by atoms with Gasteiger partial charge in [-0.25, -0.2) is 4.98 Å². The molecule has 0 aliphatic rings. The Labute approximate surface area is 177 Å². The molecule has 0 atom stereocenters. The van der Waals surface area contributed by atoms with E-state index in [9.17, 15) is 10.1 Å². The standard InChI is InChI=1S/C23H17N3O3S/c27-26(28)19-11-7-8-17(14-19)16-30-23-24-21(18-9-3-1-4-10-18)15-22(25-23)29-20-12-5-2-6-13-20/h1-15H,16H2. The highest BCUT2D eigenvalue weighted by molar-refractivity contribution is 7.98. The molecule has 0 radical (unpaired) electrons. The normalized spacial score (nSPS) is 10.5. The van der Waals surface area contributed by atoms with Gasteiger partial charge in [-0.05, 0) is 17.7 Å². The second kappa shape index (κ2) is 9.19. The monoisotopic (exact) mass is 415 g/mol. The summed E-state index contributed by atoms with van der Waals surface area (Å²) in [5.74, 6) is 1.63. The SMILES string of the molecule is O=[N+]([O-])c1cccc(CSc2nc(Oc3ccccc3)cc(-c3ccccc3)n2)c1. The summed E-state index contributed by atoms with van der Waals surface area (Å²) in [6.07, 6.45) is 0. The average molecular weight is 415 g/mol. The molecule has 1 heterocycles. The molecule has 148 valence electrons. The average Bonchev–Trinajstić information content (AvgIpc) is 2.79. The van der Waals surface area contributed by atoms with Crippen LogP contribution in [0, 0.1) is 10.1 Å². The Kier molecular flexibility index (Phi) is 6.01. The van der Waals surface area contributed by atoms with Crippen LogP contribution in [0.3, 0.4) is 0 Å². The van der Waals surface area contributed by atoms with Crippen LogP contribution in [0.15, 0.2) is 96.2 Å². The van der Waals surface area contributed by atoms with E-state index in [0.717, 1.165) is 16.8 Å². The summed E-state index contributed by atoms with van der Waals surface area (Å²) in [4.78, 5) is 19.8. The van der Waals surface area contributed by atoms with Crippen molar-refractivity contribution in [2.24, 2.45) is 0 Å². The molecule has 4 aromatic rings. The maximum atomic E-state index is 11.0. The van der Waals surface area contributed by atoms with Crippen molar-refractivity contribution in [3.8, 4) is 22.9 Å². The summed E-state index contributed by atoms with van der Waals surface area (Å²) in [5, 5.41) is 11.5. The number of nitro groups is 1. The van der Waals surface area contributed by atoms with Gasteiger partial charge in [-0.15, -0.1) is 0 Å². The van der Waals surface area contributed by atoms with Crippen LogP contribution in [0.4, 0.5) is 5.69 Å². The second-order valence-corrected chi connectivity index (χ2v) is 7.31. The van der Waals surface area contributed by atoms with E-state index < -0.39 is 4.92 Å². The highest BCUT2D eigenvalue weighted by Gasteiger charge is 2.11. The van der Waals surface area contributed by atoms with Crippen LogP contribution in [0.25, 0.3) is 11.3 Å². The molecule has 3 aromatic carbocycles. The van der Waals surface area contributed by atoms with Gasteiger partial charge in [0.2, 0.25) is 5.88 Å². The number of benzene rings is 3. The van der Waals surface area contributed by atoms with Crippen molar-refractivity contribution in [3.05, 3.63) is 107 Å². The Balaban J connectivity index is 1.62. The molecule has 0 saturated heterocycles. The van der Waals surface area contributed by atoms with Gasteiger partial charge < -0.3 is 4.74 Å². The summed E-state index contributed by atoms with van der Waals surface area (Å²) in [7, 11) is 0. The third-order valence-corrected chi connectivity index (χ3v) is 5.13. The first-order valence-electron chi connectivity index (χ1n) is 9.21. The summed E-state index contributed by atoms with van der Waals surface area (Å²) < 4.78 is 5.93. The van der Waals surface area contributed by atoms with Gasteiger partial charge in [-0.1, -0.05) is 72.4 Å². The van der Waals surface area contributed by atoms with Crippen LogP contribution in [-0.4, -0.2) is 14.9 Å². The number of para-hydroxylation sites is 1. The molecule has 0 N–H and O–H groups in total. The minimum atomic E-state index is -0.396. The lowest BCUT2D eigenvalue weighted by Crippen LogP contribution is -1.96. The van der Waals surface area contributed by atoms with Crippen molar-refractivity contribution >= 4 is 17.4 Å². The van der Waals surface area contributed by atoms with E-state index in [-0.39, 0.29) is 5.69 Å². The Hall–Kier alpha value is -3.71. The molecule has 0 fully saturated rings. The molecule has 0 aliphatic carbocycles. The zero-order valence-corrected chi connectivity index (χ0v) is 16.7. The Bertz CT molecular complexity index is 1150. The van der Waals surface area contributed by atoms with E-state index in [2.05, 4.69) is 9.97 Å². The smallest absolute Gasteiger partial charge is 0.269 e. The number of ether oxygens (including phenoxy) is 1. The van der Waals surface area contributed by atoms with Crippen molar-refractivity contribution < 1.29 is 9.66 Å². The molecule has 7 heteroatoms. The lowest BCUT2D eigenvalue weighted by molar-refractivity contribution is -0.384. The van der Waals surface area contributed by atoms with Gasteiger partial charge in [0.1, 0.15) is 5.75 Å². The topological polar surface area (TPSA) is 78.2 Å². The van der Waals surface area contributed by atoms with Crippen LogP contribution in [0.2, 0.25) is 0 Å². The Morgan fingerprint density at radius 2 is 1.60 bits per heavy atom. The van der Waals surface area contributed by atoms with Crippen molar-refractivity contribution in [3.63, 3.8) is 0 Å². The Morgan fingerprint density at radius 3 is 2.33 bits per heavy atom. The maximum absolute atomic E-state index is 11.0. The molecule has 0 bridgehead atoms. The van der Waals surface area contributed by atoms with Crippen molar-refractivity contribution in [1.29, 1.82) is 0 Å². The number of nitro benzene ring substituents is 1. The zero-order chi connectivity index (χ0) is 20.8. The number of nitrogens with zero attached hydrogens (tertiary/aromatic N) is 3. The van der Waals surface area contributed by atoms with E-state index in [0.29, 0.717) is 22.5 Å². The van der Waals surface area contributed by atoms with Gasteiger partial charge in [0.15, 0.2) is 5.16 Å². The van der Waals surface area contributed by atoms with Crippen molar-refractivity contribution in [2.45, 2.75) is 10.9 Å². The lowest BCUT2D eigenvalue weighted by Gasteiger charge is -2.09. The van der Waals surface area contributed by atoms with Crippen LogP contribution in [0.1, 0.15) is 5.56 Å². The summed E-state index contributed by atoms with van der Waals surface area (Å²) in [6.45, 7) is 0. The van der Waals surface area contributed by atoms with Gasteiger partial charge in [0.05, 0.1) is 10.6 Å². The molecule has 1 aromatic heterocycles. The fraction of sp³-hybridized carbons (Fsp3) is 0.0435. The molecule has 0 amide bonds. The quantitative estimate of drug-likeness (QED) is 0.156. The highest BCUT2D eigenvalue weighted by Crippen LogP contribution is 2.29. The van der Waals surface area contributed by atoms with E-state index in [1.165, 1.54) is 17.8 Å². The van der Waals surface area contributed by atoms with Gasteiger partial charge >= 0.3 is 0 Å². The maximum Gasteiger partial charge on any atom is 0.269 e. The fourth-order valence-corrected chi connectivity index (χ4v) is 3.59. The molecule has 0 saturated carbocycles. The highest BCUT2D eigenvalue weighted by atomic mass is 32.2. The molecule has 6 nitrogen and oxygen atoms in total. The van der Waals surface area contributed by atoms with Crippen LogP contribution >= 0.6 is 11.8 Å². The van der Waals surface area contributed by atoms with E-state index in [4.69, 9.17) is 4.74 Å². The molecular weight excluding hydrogens is 398 g/mol. The van der Waals surface area contributed by atoms with Crippen molar-refractivity contribution in [1.82, 2.24) is 9.97 Å². The third kappa shape index (κ3) is 5.01. The van der Waals surface area contributed by atoms with Gasteiger partial charge in [0.25, 0.3) is 5.69 Å². The molecule has 0 aliphatic heterocycles. The fourth-order valence-electron chi connectivity index (χ4n) is 2.79. The first-order valence-corrected chi connectivity index (χ1v) is 10.2. The van der Waals surface area contributed by atoms with E-state index in [1.54, 1.807) is 18.2 Å². The van der Waals surface area contributed by atoms with E-state index >= 15 is 0 Å². The predicted octanol–water partition coefficient (Wildman–Crippen LogP) is 6.14. The second-order valence-electron chi connectivity index (χ2n) is 6.37. The first kappa shape index (κ1) is 19.6. The number of thioether (sulfide) groups is 1. The lowest BCUT2D eigenvalue weighted by atomic mass is 10.1. The van der Waals surface area contributed by atoms with Crippen molar-refractivity contribution in [2.75, 3.05) is 0 Å². The summed E-state index contributed by atoms with van der Waals surface area (Å²) in [6, 6.07) is 27.6. The molecule has 0 spiro atoms. The summed E-state index contributed by atoms with van der Waals surface area (Å²) in [5.41, 5.74) is 2.60. The number of hydrogen-bond acceptors (Lipinski definition) is 6. The van der Waals surface area contributed by atoms with Gasteiger partial charge in [0, 0.05) is 29.5 Å². The van der Waals surface area contributed by atoms with Crippen LogP contribution in [0.5, 0.6) is 11.6 Å². The minimum Gasteiger partial charge on any atom is -0.439 e. The molecule has 0 unspecified atom stereocenters. The Morgan fingerprint density at radius 1 is 0.867 bits per heavy atom. The minimum absolute atomic E-state index is 0.0696. The number of hydrogen-bond donors (Lipinski definition) is 0. The largest absolute Gasteiger partial charge is 0.439 e. The number of rotatable bonds is 7. The molecular formula is C23H17N3O3S. The third-order valence-electron chi connectivity index (χ3n) is 4.21. The molecule has 4 rings (SSSR count). The van der Waals surface area contributed by atoms with E-state index in [1.807, 2.05) is 66.7 Å². The zero-order valence-electron chi connectivity index (χ0n) is 15.8. The number of non-ortho nitro benzene ring substituents is 1. The number of aromatic nitrogens is 2. The van der Waals surface area contributed by atoms with Gasteiger partial charge in [-0.3, -0.25) is 10.1 Å². The predicted molar refractivity (Wildman–Crippen MR) is 117 cm³/mol. The molecule has 30 heavy (non-hydrogen) atoms. The van der Waals surface area contributed by atoms with Crippen LogP contribution in [-0.2, 0) is 5.75 Å². The van der Waals surface area contributed by atoms with Gasteiger partial charge in [-0.2, -0.15) is 4.98 Å². The first-order chi connectivity index (χ1) is 14.7. The summed E-state index contributed by atoms with van der Waals surface area (Å²) >= 11 is 1.40.